The number of halogens is 1. The SMILES string of the molecule is O=C(NC1CC1)c1ccc(CN(C(=O)c2ccnc(Cl)c2)C2CC2)cc1. The Balaban J connectivity index is 1.46. The Labute approximate surface area is 157 Å². The normalized spacial score (nSPS) is 16.2. The molecule has 2 aromatic rings. The Bertz CT molecular complexity index is 829. The number of benzene rings is 1. The summed E-state index contributed by atoms with van der Waals surface area (Å²) in [4.78, 5) is 30.8. The van der Waals surface area contributed by atoms with E-state index in [9.17, 15) is 9.59 Å². The number of amides is 2. The van der Waals surface area contributed by atoms with Crippen LogP contribution in [0, 0.1) is 0 Å². The van der Waals surface area contributed by atoms with Gasteiger partial charge in [0.2, 0.25) is 0 Å². The van der Waals surface area contributed by atoms with E-state index in [1.54, 1.807) is 18.3 Å². The summed E-state index contributed by atoms with van der Waals surface area (Å²) in [5.41, 5.74) is 2.22. The van der Waals surface area contributed by atoms with Crippen LogP contribution in [-0.2, 0) is 6.54 Å². The summed E-state index contributed by atoms with van der Waals surface area (Å²) in [6, 6.07) is 11.4. The van der Waals surface area contributed by atoms with Gasteiger partial charge in [0.25, 0.3) is 11.8 Å². The summed E-state index contributed by atoms with van der Waals surface area (Å²) in [6.07, 6.45) is 5.73. The molecular weight excluding hydrogens is 350 g/mol. The van der Waals surface area contributed by atoms with Crippen LogP contribution in [0.2, 0.25) is 5.15 Å². The van der Waals surface area contributed by atoms with Crippen LogP contribution >= 0.6 is 11.6 Å². The minimum Gasteiger partial charge on any atom is -0.349 e. The summed E-state index contributed by atoms with van der Waals surface area (Å²) in [7, 11) is 0. The molecule has 2 aliphatic rings. The first-order chi connectivity index (χ1) is 12.6. The number of hydrogen-bond donors (Lipinski definition) is 1. The predicted molar refractivity (Wildman–Crippen MR) is 99.1 cm³/mol. The Hall–Kier alpha value is -2.40. The van der Waals surface area contributed by atoms with Gasteiger partial charge < -0.3 is 10.2 Å². The average molecular weight is 370 g/mol. The molecule has 1 aromatic heterocycles. The fraction of sp³-hybridized carbons (Fsp3) is 0.350. The smallest absolute Gasteiger partial charge is 0.254 e. The van der Waals surface area contributed by atoms with Gasteiger partial charge in [-0.25, -0.2) is 4.98 Å². The van der Waals surface area contributed by atoms with Gasteiger partial charge in [-0.1, -0.05) is 23.7 Å². The highest BCUT2D eigenvalue weighted by molar-refractivity contribution is 6.29. The summed E-state index contributed by atoms with van der Waals surface area (Å²) in [5.74, 6) is -0.0621. The molecular formula is C20H20ClN3O2. The van der Waals surface area contributed by atoms with E-state index in [0.717, 1.165) is 31.2 Å². The van der Waals surface area contributed by atoms with E-state index in [1.165, 1.54) is 0 Å². The lowest BCUT2D eigenvalue weighted by Crippen LogP contribution is -2.32. The predicted octanol–water partition coefficient (Wildman–Crippen LogP) is 3.43. The molecule has 2 aliphatic carbocycles. The van der Waals surface area contributed by atoms with E-state index in [2.05, 4.69) is 10.3 Å². The Morgan fingerprint density at radius 2 is 1.81 bits per heavy atom. The van der Waals surface area contributed by atoms with Crippen LogP contribution in [0.15, 0.2) is 42.6 Å². The topological polar surface area (TPSA) is 62.3 Å². The number of rotatable bonds is 6. The maximum Gasteiger partial charge on any atom is 0.254 e. The van der Waals surface area contributed by atoms with Crippen molar-refractivity contribution in [1.29, 1.82) is 0 Å². The molecule has 4 rings (SSSR count). The zero-order valence-electron chi connectivity index (χ0n) is 14.3. The lowest BCUT2D eigenvalue weighted by Gasteiger charge is -2.23. The first-order valence-electron chi connectivity index (χ1n) is 8.92. The van der Waals surface area contributed by atoms with Crippen LogP contribution in [0.25, 0.3) is 0 Å². The van der Waals surface area contributed by atoms with Gasteiger partial charge in [0.05, 0.1) is 0 Å². The number of carbonyl (C=O) groups excluding carboxylic acids is 2. The van der Waals surface area contributed by atoms with Crippen LogP contribution in [0.5, 0.6) is 0 Å². The second-order valence-electron chi connectivity index (χ2n) is 6.98. The zero-order valence-corrected chi connectivity index (χ0v) is 15.1. The number of aromatic nitrogens is 1. The molecule has 2 fully saturated rings. The van der Waals surface area contributed by atoms with E-state index in [-0.39, 0.29) is 17.9 Å². The van der Waals surface area contributed by atoms with Crippen molar-refractivity contribution in [3.63, 3.8) is 0 Å². The molecule has 26 heavy (non-hydrogen) atoms. The van der Waals surface area contributed by atoms with Gasteiger partial charge in [0.15, 0.2) is 0 Å². The number of hydrogen-bond acceptors (Lipinski definition) is 3. The molecule has 5 nitrogen and oxygen atoms in total. The highest BCUT2D eigenvalue weighted by Gasteiger charge is 2.33. The molecule has 1 N–H and O–H groups in total. The van der Waals surface area contributed by atoms with Crippen LogP contribution in [-0.4, -0.2) is 33.8 Å². The van der Waals surface area contributed by atoms with Gasteiger partial charge in [0.1, 0.15) is 5.15 Å². The molecule has 0 unspecified atom stereocenters. The molecule has 0 atom stereocenters. The lowest BCUT2D eigenvalue weighted by atomic mass is 10.1. The van der Waals surface area contributed by atoms with Gasteiger partial charge >= 0.3 is 0 Å². The molecule has 1 heterocycles. The third-order valence-electron chi connectivity index (χ3n) is 4.70. The molecule has 2 amide bonds. The third-order valence-corrected chi connectivity index (χ3v) is 4.91. The standard InChI is InChI=1S/C20H20ClN3O2/c21-18-11-15(9-10-22-18)20(26)24(17-7-8-17)12-13-1-3-14(4-2-13)19(25)23-16-5-6-16/h1-4,9-11,16-17H,5-8,12H2,(H,23,25). The van der Waals surface area contributed by atoms with Crippen molar-refractivity contribution in [2.45, 2.75) is 44.3 Å². The van der Waals surface area contributed by atoms with Crippen molar-refractivity contribution < 1.29 is 9.59 Å². The minimum absolute atomic E-state index is 0.0272. The number of nitrogens with one attached hydrogen (secondary N) is 1. The van der Waals surface area contributed by atoms with Gasteiger partial charge in [-0.05, 0) is 55.5 Å². The maximum atomic E-state index is 12.9. The summed E-state index contributed by atoms with van der Waals surface area (Å²) in [6.45, 7) is 0.522. The van der Waals surface area contributed by atoms with Crippen molar-refractivity contribution in [2.75, 3.05) is 0 Å². The Morgan fingerprint density at radius 1 is 1.08 bits per heavy atom. The fourth-order valence-corrected chi connectivity index (χ4v) is 3.08. The molecule has 6 heteroatoms. The highest BCUT2D eigenvalue weighted by Crippen LogP contribution is 2.30. The summed E-state index contributed by atoms with van der Waals surface area (Å²) in [5, 5.41) is 3.30. The van der Waals surface area contributed by atoms with Crippen LogP contribution in [0.3, 0.4) is 0 Å². The molecule has 1 aromatic carbocycles. The summed E-state index contributed by atoms with van der Waals surface area (Å²) < 4.78 is 0. The van der Waals surface area contributed by atoms with Crippen LogP contribution < -0.4 is 5.32 Å². The number of nitrogens with zero attached hydrogens (tertiary/aromatic N) is 2. The van der Waals surface area contributed by atoms with Crippen LogP contribution in [0.4, 0.5) is 0 Å². The van der Waals surface area contributed by atoms with E-state index in [4.69, 9.17) is 11.6 Å². The third kappa shape index (κ3) is 4.05. The average Bonchev–Trinajstić information content (AvgIpc) is 3.54. The second kappa shape index (κ2) is 7.08. The van der Waals surface area contributed by atoms with Gasteiger partial charge in [0, 0.05) is 36.0 Å². The molecule has 0 radical (unpaired) electrons. The first-order valence-corrected chi connectivity index (χ1v) is 9.30. The lowest BCUT2D eigenvalue weighted by molar-refractivity contribution is 0.0729. The largest absolute Gasteiger partial charge is 0.349 e. The van der Waals surface area contributed by atoms with Crippen molar-refractivity contribution in [3.8, 4) is 0 Å². The van der Waals surface area contributed by atoms with Crippen molar-refractivity contribution in [1.82, 2.24) is 15.2 Å². The van der Waals surface area contributed by atoms with Crippen molar-refractivity contribution in [2.24, 2.45) is 0 Å². The molecule has 134 valence electrons. The van der Waals surface area contributed by atoms with E-state index >= 15 is 0 Å². The quantitative estimate of drug-likeness (QED) is 0.793. The van der Waals surface area contributed by atoms with Gasteiger partial charge in [-0.15, -0.1) is 0 Å². The minimum atomic E-state index is -0.0349. The zero-order chi connectivity index (χ0) is 18.1. The van der Waals surface area contributed by atoms with E-state index < -0.39 is 0 Å². The van der Waals surface area contributed by atoms with Crippen molar-refractivity contribution in [3.05, 3.63) is 64.4 Å². The number of pyridine rings is 1. The molecule has 0 aliphatic heterocycles. The van der Waals surface area contributed by atoms with Gasteiger partial charge in [-0.3, -0.25) is 9.59 Å². The van der Waals surface area contributed by atoms with Crippen molar-refractivity contribution >= 4 is 23.4 Å². The van der Waals surface area contributed by atoms with Gasteiger partial charge in [-0.2, -0.15) is 0 Å². The molecule has 0 spiro atoms. The molecule has 2 saturated carbocycles. The highest BCUT2D eigenvalue weighted by atomic mass is 35.5. The fourth-order valence-electron chi connectivity index (χ4n) is 2.91. The Kier molecular flexibility index (Phi) is 4.64. The maximum absolute atomic E-state index is 12.9. The first kappa shape index (κ1) is 17.0. The summed E-state index contributed by atoms with van der Waals surface area (Å²) >= 11 is 5.92. The monoisotopic (exact) mass is 369 g/mol. The molecule has 0 bridgehead atoms. The second-order valence-corrected chi connectivity index (χ2v) is 7.36. The molecule has 0 saturated heterocycles. The van der Waals surface area contributed by atoms with E-state index in [0.29, 0.717) is 28.9 Å². The van der Waals surface area contributed by atoms with E-state index in [1.807, 2.05) is 29.2 Å². The van der Waals surface area contributed by atoms with Crippen LogP contribution in [0.1, 0.15) is 52.0 Å². The number of carbonyl (C=O) groups is 2. The Morgan fingerprint density at radius 3 is 2.42 bits per heavy atom.